The van der Waals surface area contributed by atoms with Gasteiger partial charge in [-0.2, -0.15) is 0 Å². The molecule has 2 bridgehead atoms. The Balaban J connectivity index is 1.83. The molecule has 1 aliphatic heterocycles. The quantitative estimate of drug-likeness (QED) is 0.673. The van der Waals surface area contributed by atoms with Crippen LogP contribution in [-0.2, 0) is 11.2 Å². The molecule has 2 aromatic carbocycles. The van der Waals surface area contributed by atoms with Crippen molar-refractivity contribution in [3.8, 4) is 0 Å². The number of hydrogen-bond acceptors (Lipinski definition) is 2. The van der Waals surface area contributed by atoms with Gasteiger partial charge in [-0.05, 0) is 84.5 Å². The molecule has 0 saturated carbocycles. The number of rotatable bonds is 0. The normalized spacial score (nSPS) is 25.8. The van der Waals surface area contributed by atoms with Gasteiger partial charge >= 0.3 is 0 Å². The third kappa shape index (κ3) is 1.78. The van der Waals surface area contributed by atoms with Crippen LogP contribution in [0.15, 0.2) is 24.3 Å². The minimum atomic E-state index is -0.223. The van der Waals surface area contributed by atoms with Crippen molar-refractivity contribution in [3.63, 3.8) is 0 Å². The second kappa shape index (κ2) is 5.06. The molecule has 2 amide bonds. The lowest BCUT2D eigenvalue weighted by Crippen LogP contribution is -2.47. The lowest BCUT2D eigenvalue weighted by atomic mass is 9.58. The summed E-state index contributed by atoms with van der Waals surface area (Å²) in [5.41, 5.74) is 9.74. The van der Waals surface area contributed by atoms with Gasteiger partial charge < -0.3 is 0 Å². The van der Waals surface area contributed by atoms with Crippen LogP contribution in [0.5, 0.6) is 0 Å². The molecule has 2 aromatic rings. The minimum Gasteiger partial charge on any atom is -0.281 e. The first-order valence-corrected chi connectivity index (χ1v) is 9.44. The fraction of sp³-hybridized carbons (Fsp3) is 0.391. The molecule has 2 aliphatic carbocycles. The van der Waals surface area contributed by atoms with E-state index in [9.17, 15) is 9.59 Å². The molecule has 5 rings (SSSR count). The highest BCUT2D eigenvalue weighted by molar-refractivity contribution is 6.12. The van der Waals surface area contributed by atoms with Crippen molar-refractivity contribution in [3.05, 3.63) is 68.8 Å². The van der Waals surface area contributed by atoms with Crippen LogP contribution in [0.2, 0.25) is 0 Å². The van der Waals surface area contributed by atoms with E-state index in [-0.39, 0.29) is 23.7 Å². The van der Waals surface area contributed by atoms with E-state index in [1.54, 1.807) is 7.05 Å². The van der Waals surface area contributed by atoms with Crippen molar-refractivity contribution in [2.45, 2.75) is 51.4 Å². The van der Waals surface area contributed by atoms with Crippen LogP contribution in [0.25, 0.3) is 0 Å². The third-order valence-corrected chi connectivity index (χ3v) is 7.01. The second-order valence-electron chi connectivity index (χ2n) is 8.26. The lowest BCUT2D eigenvalue weighted by Gasteiger charge is -2.47. The van der Waals surface area contributed by atoms with Gasteiger partial charge in [-0.15, -0.1) is 0 Å². The summed E-state index contributed by atoms with van der Waals surface area (Å²) >= 11 is 0. The highest BCUT2D eigenvalue weighted by Crippen LogP contribution is 2.56. The number of benzene rings is 2. The molecular weight excluding hydrogens is 322 g/mol. The summed E-state index contributed by atoms with van der Waals surface area (Å²) in [4.78, 5) is 27.3. The van der Waals surface area contributed by atoms with Crippen LogP contribution < -0.4 is 0 Å². The Morgan fingerprint density at radius 1 is 1.04 bits per heavy atom. The van der Waals surface area contributed by atoms with E-state index in [0.29, 0.717) is 5.92 Å². The van der Waals surface area contributed by atoms with Gasteiger partial charge in [-0.3, -0.25) is 14.5 Å². The third-order valence-electron chi connectivity index (χ3n) is 7.01. The lowest BCUT2D eigenvalue weighted by molar-refractivity contribution is -0.130. The zero-order valence-corrected chi connectivity index (χ0v) is 15.7. The minimum absolute atomic E-state index is 0.0372. The molecule has 0 N–H and O–H groups in total. The highest BCUT2D eigenvalue weighted by Gasteiger charge is 2.50. The number of hydrogen-bond donors (Lipinski definition) is 0. The fourth-order valence-electron chi connectivity index (χ4n) is 5.70. The van der Waals surface area contributed by atoms with Crippen molar-refractivity contribution in [1.82, 2.24) is 4.90 Å². The molecule has 132 valence electrons. The fourth-order valence-corrected chi connectivity index (χ4v) is 5.70. The van der Waals surface area contributed by atoms with E-state index in [1.807, 2.05) is 12.1 Å². The summed E-state index contributed by atoms with van der Waals surface area (Å²) in [6.45, 7) is 6.55. The Hall–Kier alpha value is -2.42. The average Bonchev–Trinajstić information content (AvgIpc) is 2.63. The molecule has 0 fully saturated rings. The van der Waals surface area contributed by atoms with Gasteiger partial charge in [0.1, 0.15) is 0 Å². The summed E-state index contributed by atoms with van der Waals surface area (Å²) in [6.07, 6.45) is 2.02. The standard InChI is InChI=1S/C23H23NO2/c1-11-8-12(2)17-9-14-10-18(19(17)13(11)3)21-20-15(14)6-5-7-16(20)22(25)24(4)23(21)26/h5-8,14,18,21H,9-10H2,1-4H3/t14-,18-,21-/m0/s1. The van der Waals surface area contributed by atoms with Gasteiger partial charge in [0.2, 0.25) is 5.91 Å². The Morgan fingerprint density at radius 2 is 1.81 bits per heavy atom. The van der Waals surface area contributed by atoms with Gasteiger partial charge in [-0.25, -0.2) is 0 Å². The number of likely N-dealkylation sites (N-methyl/N-ethyl adjacent to an activating group) is 1. The molecule has 0 aromatic heterocycles. The Kier molecular flexibility index (Phi) is 3.08. The van der Waals surface area contributed by atoms with Crippen LogP contribution >= 0.6 is 0 Å². The summed E-state index contributed by atoms with van der Waals surface area (Å²) < 4.78 is 0. The molecule has 3 atom stereocenters. The molecule has 3 heteroatoms. The van der Waals surface area contributed by atoms with E-state index in [2.05, 4.69) is 32.9 Å². The zero-order valence-electron chi connectivity index (χ0n) is 15.7. The molecule has 3 nitrogen and oxygen atoms in total. The maximum absolute atomic E-state index is 13.2. The molecule has 0 radical (unpaired) electrons. The Labute approximate surface area is 154 Å². The predicted molar refractivity (Wildman–Crippen MR) is 101 cm³/mol. The van der Waals surface area contributed by atoms with Crippen LogP contribution in [0.4, 0.5) is 0 Å². The smallest absolute Gasteiger partial charge is 0.260 e. The summed E-state index contributed by atoms with van der Waals surface area (Å²) in [5.74, 6) is 0.173. The monoisotopic (exact) mass is 345 g/mol. The largest absolute Gasteiger partial charge is 0.281 e. The number of carbonyl (C=O) groups excluding carboxylic acids is 2. The molecule has 0 unspecified atom stereocenters. The summed E-state index contributed by atoms with van der Waals surface area (Å²) in [5, 5.41) is 0. The first kappa shape index (κ1) is 15.8. The van der Waals surface area contributed by atoms with Crippen LogP contribution in [0.3, 0.4) is 0 Å². The van der Waals surface area contributed by atoms with Crippen molar-refractivity contribution >= 4 is 11.8 Å². The maximum Gasteiger partial charge on any atom is 0.260 e. The first-order chi connectivity index (χ1) is 12.4. The molecule has 3 aliphatic rings. The zero-order chi connectivity index (χ0) is 18.3. The predicted octanol–water partition coefficient (Wildman–Crippen LogP) is 4.13. The molecule has 26 heavy (non-hydrogen) atoms. The van der Waals surface area contributed by atoms with Crippen molar-refractivity contribution in [2.24, 2.45) is 0 Å². The summed E-state index contributed by atoms with van der Waals surface area (Å²) in [6, 6.07) is 8.30. The van der Waals surface area contributed by atoms with Crippen LogP contribution in [-0.4, -0.2) is 23.8 Å². The van der Waals surface area contributed by atoms with Gasteiger partial charge in [0.15, 0.2) is 0 Å². The number of nitrogens with zero attached hydrogens (tertiary/aromatic N) is 1. The maximum atomic E-state index is 13.2. The van der Waals surface area contributed by atoms with Gasteiger partial charge in [0.25, 0.3) is 5.91 Å². The van der Waals surface area contributed by atoms with Gasteiger partial charge in [-0.1, -0.05) is 18.2 Å². The van der Waals surface area contributed by atoms with Crippen molar-refractivity contribution in [2.75, 3.05) is 7.05 Å². The Bertz CT molecular complexity index is 1000. The molecule has 1 heterocycles. The summed E-state index contributed by atoms with van der Waals surface area (Å²) in [7, 11) is 1.63. The molecule has 0 saturated heterocycles. The van der Waals surface area contributed by atoms with E-state index < -0.39 is 0 Å². The second-order valence-corrected chi connectivity index (χ2v) is 8.26. The molecule has 0 spiro atoms. The number of amides is 2. The first-order valence-electron chi connectivity index (χ1n) is 9.44. The van der Waals surface area contributed by atoms with E-state index in [4.69, 9.17) is 0 Å². The number of carbonyl (C=O) groups is 2. The number of fused-ring (bicyclic) bond motifs is 6. The molecular formula is C23H23NO2. The van der Waals surface area contributed by atoms with Gasteiger partial charge in [0.05, 0.1) is 5.92 Å². The van der Waals surface area contributed by atoms with Gasteiger partial charge in [0, 0.05) is 18.5 Å². The number of aryl methyl sites for hydroxylation is 2. The number of imide groups is 1. The van der Waals surface area contributed by atoms with Crippen LogP contribution in [0, 0.1) is 20.8 Å². The topological polar surface area (TPSA) is 37.4 Å². The van der Waals surface area contributed by atoms with Crippen molar-refractivity contribution < 1.29 is 9.59 Å². The van der Waals surface area contributed by atoms with Crippen LogP contribution in [0.1, 0.15) is 73.5 Å². The van der Waals surface area contributed by atoms with E-state index in [0.717, 1.165) is 24.0 Å². The van der Waals surface area contributed by atoms with E-state index >= 15 is 0 Å². The van der Waals surface area contributed by atoms with E-state index in [1.165, 1.54) is 38.3 Å². The average molecular weight is 345 g/mol. The Morgan fingerprint density at radius 3 is 2.58 bits per heavy atom. The van der Waals surface area contributed by atoms with Crippen molar-refractivity contribution in [1.29, 1.82) is 0 Å². The highest BCUT2D eigenvalue weighted by atomic mass is 16.2. The SMILES string of the molecule is Cc1cc(C)c2c(c1C)[C@@H]1C[C@H](C2)c2cccc3c2[C@H]1C(=O)N(C)C3=O.